The minimum absolute atomic E-state index is 0.384. The SMILES string of the molecule is CC1C=C(Cl)C=CC1(N)[N+](=O)[O-]. The van der Waals surface area contributed by atoms with Gasteiger partial charge in [0.05, 0.1) is 5.92 Å². The maximum Gasteiger partial charge on any atom is 0.297 e. The van der Waals surface area contributed by atoms with Gasteiger partial charge in [-0.25, -0.2) is 0 Å². The van der Waals surface area contributed by atoms with Crippen LogP contribution in [0.1, 0.15) is 6.92 Å². The van der Waals surface area contributed by atoms with Crippen LogP contribution in [0.2, 0.25) is 0 Å². The predicted molar refractivity (Wildman–Crippen MR) is 46.2 cm³/mol. The molecule has 4 nitrogen and oxygen atoms in total. The molecule has 2 N–H and O–H groups in total. The molecule has 66 valence electrons. The Labute approximate surface area is 74.8 Å². The molecule has 0 radical (unpaired) electrons. The Morgan fingerprint density at radius 3 is 2.83 bits per heavy atom. The number of allylic oxidation sites excluding steroid dienone is 2. The lowest BCUT2D eigenvalue weighted by Gasteiger charge is -2.24. The van der Waals surface area contributed by atoms with Crippen molar-refractivity contribution in [2.45, 2.75) is 12.6 Å². The first-order valence-corrected chi connectivity index (χ1v) is 3.84. The van der Waals surface area contributed by atoms with E-state index < -0.39 is 10.6 Å². The quantitative estimate of drug-likeness (QED) is 0.383. The van der Waals surface area contributed by atoms with Crippen molar-refractivity contribution < 1.29 is 4.92 Å². The average molecular weight is 189 g/mol. The topological polar surface area (TPSA) is 69.2 Å². The van der Waals surface area contributed by atoms with Crippen molar-refractivity contribution in [3.63, 3.8) is 0 Å². The van der Waals surface area contributed by atoms with Crippen LogP contribution < -0.4 is 5.73 Å². The first-order chi connectivity index (χ1) is 5.47. The molecule has 0 heterocycles. The van der Waals surface area contributed by atoms with Crippen LogP contribution in [-0.4, -0.2) is 10.6 Å². The lowest BCUT2D eigenvalue weighted by molar-refractivity contribution is -0.561. The largest absolute Gasteiger partial charge is 0.297 e. The zero-order valence-corrected chi connectivity index (χ0v) is 7.28. The number of nitro groups is 1. The molecule has 1 aliphatic carbocycles. The summed E-state index contributed by atoms with van der Waals surface area (Å²) in [6.45, 7) is 1.66. The molecule has 0 aromatic heterocycles. The molecule has 0 aromatic carbocycles. The van der Waals surface area contributed by atoms with Crippen molar-refractivity contribution in [3.8, 4) is 0 Å². The number of hydrogen-bond donors (Lipinski definition) is 1. The summed E-state index contributed by atoms with van der Waals surface area (Å²) in [7, 11) is 0. The molecule has 0 amide bonds. The first kappa shape index (κ1) is 9.22. The van der Waals surface area contributed by atoms with Crippen molar-refractivity contribution >= 4 is 11.6 Å². The van der Waals surface area contributed by atoms with Crippen LogP contribution in [0.25, 0.3) is 0 Å². The highest BCUT2D eigenvalue weighted by Crippen LogP contribution is 2.26. The van der Waals surface area contributed by atoms with E-state index in [1.54, 1.807) is 13.0 Å². The zero-order valence-electron chi connectivity index (χ0n) is 6.53. The van der Waals surface area contributed by atoms with E-state index in [2.05, 4.69) is 0 Å². The number of nitrogens with two attached hydrogens (primary N) is 1. The molecule has 0 aliphatic heterocycles. The van der Waals surface area contributed by atoms with Crippen LogP contribution in [0.3, 0.4) is 0 Å². The maximum atomic E-state index is 10.6. The van der Waals surface area contributed by atoms with Crippen molar-refractivity contribution in [2.24, 2.45) is 11.7 Å². The third-order valence-electron chi connectivity index (χ3n) is 1.96. The summed E-state index contributed by atoms with van der Waals surface area (Å²) in [6, 6.07) is 0. The molecule has 0 spiro atoms. The van der Waals surface area contributed by atoms with Crippen LogP contribution in [0.4, 0.5) is 0 Å². The third kappa shape index (κ3) is 1.35. The van der Waals surface area contributed by atoms with Gasteiger partial charge in [0.2, 0.25) is 0 Å². The number of hydrogen-bond acceptors (Lipinski definition) is 3. The van der Waals surface area contributed by atoms with E-state index in [9.17, 15) is 10.1 Å². The lowest BCUT2D eigenvalue weighted by Crippen LogP contribution is -2.51. The summed E-state index contributed by atoms with van der Waals surface area (Å²) < 4.78 is 0. The van der Waals surface area contributed by atoms with E-state index in [4.69, 9.17) is 17.3 Å². The Morgan fingerprint density at radius 2 is 2.42 bits per heavy atom. The Balaban J connectivity index is 2.99. The fourth-order valence-electron chi connectivity index (χ4n) is 1.02. The molecular weight excluding hydrogens is 180 g/mol. The molecule has 0 aromatic rings. The first-order valence-electron chi connectivity index (χ1n) is 3.47. The highest BCUT2D eigenvalue weighted by atomic mass is 35.5. The van der Waals surface area contributed by atoms with Crippen LogP contribution in [0, 0.1) is 16.0 Å². The molecule has 2 atom stereocenters. The van der Waals surface area contributed by atoms with Gasteiger partial charge < -0.3 is 0 Å². The van der Waals surface area contributed by atoms with Crippen molar-refractivity contribution in [1.82, 2.24) is 0 Å². The zero-order chi connectivity index (χ0) is 9.35. The van der Waals surface area contributed by atoms with Gasteiger partial charge in [0.15, 0.2) is 0 Å². The smallest absolute Gasteiger partial charge is 0.262 e. The Hall–Kier alpha value is -0.870. The third-order valence-corrected chi connectivity index (χ3v) is 2.22. The molecule has 2 unspecified atom stereocenters. The summed E-state index contributed by atoms with van der Waals surface area (Å²) in [5.41, 5.74) is 4.02. The van der Waals surface area contributed by atoms with Gasteiger partial charge in [-0.1, -0.05) is 24.6 Å². The second kappa shape index (κ2) is 2.88. The van der Waals surface area contributed by atoms with Gasteiger partial charge in [-0.05, 0) is 6.08 Å². The van der Waals surface area contributed by atoms with E-state index in [0.717, 1.165) is 0 Å². The van der Waals surface area contributed by atoms with Gasteiger partial charge in [-0.15, -0.1) is 0 Å². The van der Waals surface area contributed by atoms with Gasteiger partial charge in [-0.3, -0.25) is 15.8 Å². The second-order valence-electron chi connectivity index (χ2n) is 2.82. The van der Waals surface area contributed by atoms with Gasteiger partial charge >= 0.3 is 0 Å². The molecular formula is C7H9ClN2O2. The van der Waals surface area contributed by atoms with E-state index in [0.29, 0.717) is 5.03 Å². The number of halogens is 1. The summed E-state index contributed by atoms with van der Waals surface area (Å²) in [6.07, 6.45) is 4.34. The molecule has 5 heteroatoms. The van der Waals surface area contributed by atoms with Crippen LogP contribution in [0.15, 0.2) is 23.3 Å². The van der Waals surface area contributed by atoms with Gasteiger partial charge in [0.25, 0.3) is 5.66 Å². The minimum Gasteiger partial charge on any atom is -0.262 e. The van der Waals surface area contributed by atoms with Gasteiger partial charge in [0, 0.05) is 16.0 Å². The fraction of sp³-hybridized carbons (Fsp3) is 0.429. The van der Waals surface area contributed by atoms with Gasteiger partial charge in [-0.2, -0.15) is 0 Å². The summed E-state index contributed by atoms with van der Waals surface area (Å²) in [5.74, 6) is -0.384. The van der Waals surface area contributed by atoms with Crippen LogP contribution >= 0.6 is 11.6 Å². The highest BCUT2D eigenvalue weighted by Gasteiger charge is 2.42. The summed E-state index contributed by atoms with van der Waals surface area (Å²) in [4.78, 5) is 10.0. The van der Waals surface area contributed by atoms with E-state index in [1.165, 1.54) is 12.2 Å². The summed E-state index contributed by atoms with van der Waals surface area (Å²) >= 11 is 5.64. The Morgan fingerprint density at radius 1 is 1.83 bits per heavy atom. The number of rotatable bonds is 1. The molecule has 12 heavy (non-hydrogen) atoms. The van der Waals surface area contributed by atoms with E-state index >= 15 is 0 Å². The lowest BCUT2D eigenvalue weighted by atomic mass is 9.91. The molecule has 0 bridgehead atoms. The van der Waals surface area contributed by atoms with Crippen LogP contribution in [-0.2, 0) is 0 Å². The Kier molecular flexibility index (Phi) is 2.21. The molecule has 0 saturated heterocycles. The van der Waals surface area contributed by atoms with Gasteiger partial charge in [0.1, 0.15) is 0 Å². The molecule has 0 fully saturated rings. The highest BCUT2D eigenvalue weighted by molar-refractivity contribution is 6.31. The maximum absolute atomic E-state index is 10.6. The monoisotopic (exact) mass is 188 g/mol. The number of nitrogens with zero attached hydrogens (tertiary/aromatic N) is 1. The molecule has 1 rings (SSSR count). The van der Waals surface area contributed by atoms with E-state index in [1.807, 2.05) is 0 Å². The summed E-state index contributed by atoms with van der Waals surface area (Å²) in [5, 5.41) is 11.0. The second-order valence-corrected chi connectivity index (χ2v) is 3.25. The minimum atomic E-state index is -1.50. The average Bonchev–Trinajstić information content (AvgIpc) is 1.97. The normalized spacial score (nSPS) is 34.6. The fourth-order valence-corrected chi connectivity index (χ4v) is 1.27. The van der Waals surface area contributed by atoms with Crippen molar-refractivity contribution in [1.29, 1.82) is 0 Å². The van der Waals surface area contributed by atoms with Crippen LogP contribution in [0.5, 0.6) is 0 Å². The predicted octanol–water partition coefficient (Wildman–Crippen LogP) is 1.25. The standard InChI is InChI=1S/C7H9ClN2O2/c1-5-4-6(8)2-3-7(5,9)10(11)12/h2-5H,9H2,1H3. The molecule has 0 saturated carbocycles. The Bertz CT molecular complexity index is 275. The van der Waals surface area contributed by atoms with Crippen molar-refractivity contribution in [2.75, 3.05) is 0 Å². The molecule has 1 aliphatic rings. The van der Waals surface area contributed by atoms with Crippen molar-refractivity contribution in [3.05, 3.63) is 33.4 Å². The van der Waals surface area contributed by atoms with E-state index in [-0.39, 0.29) is 5.92 Å².